The number of halogens is 1. The van der Waals surface area contributed by atoms with Crippen LogP contribution in [-0.4, -0.2) is 20.8 Å². The second-order valence-electron chi connectivity index (χ2n) is 2.84. The molecule has 0 fully saturated rings. The van der Waals surface area contributed by atoms with Gasteiger partial charge >= 0.3 is 0 Å². The average Bonchev–Trinajstić information content (AvgIpc) is 2.17. The molecule has 0 bridgehead atoms. The first-order chi connectivity index (χ1) is 6.72. The Morgan fingerprint density at radius 1 is 1.29 bits per heavy atom. The Bertz CT molecular complexity index is 315. The molecule has 14 heavy (non-hydrogen) atoms. The standard InChI is InChI=1S/C10H14ClNO2/c1-13-9-6-8(11)5-7(3-4-12)10(9)14-2/h5-6H,3-4,12H2,1-2H3. The van der Waals surface area contributed by atoms with Gasteiger partial charge in [0, 0.05) is 16.7 Å². The molecule has 3 nitrogen and oxygen atoms in total. The quantitative estimate of drug-likeness (QED) is 0.834. The molecule has 78 valence electrons. The zero-order chi connectivity index (χ0) is 10.6. The summed E-state index contributed by atoms with van der Waals surface area (Å²) in [6, 6.07) is 3.57. The van der Waals surface area contributed by atoms with Crippen LogP contribution in [0.4, 0.5) is 0 Å². The van der Waals surface area contributed by atoms with E-state index in [4.69, 9.17) is 26.8 Å². The van der Waals surface area contributed by atoms with Gasteiger partial charge in [-0.25, -0.2) is 0 Å². The van der Waals surface area contributed by atoms with Crippen molar-refractivity contribution in [2.24, 2.45) is 5.73 Å². The van der Waals surface area contributed by atoms with Crippen LogP contribution in [0.1, 0.15) is 5.56 Å². The van der Waals surface area contributed by atoms with Crippen molar-refractivity contribution in [2.45, 2.75) is 6.42 Å². The molecule has 0 radical (unpaired) electrons. The normalized spacial score (nSPS) is 10.0. The molecule has 1 aromatic carbocycles. The van der Waals surface area contributed by atoms with Gasteiger partial charge in [0.15, 0.2) is 11.5 Å². The Morgan fingerprint density at radius 3 is 2.50 bits per heavy atom. The molecule has 0 aliphatic rings. The summed E-state index contributed by atoms with van der Waals surface area (Å²) < 4.78 is 10.4. The molecule has 1 aromatic rings. The second kappa shape index (κ2) is 5.08. The Kier molecular flexibility index (Phi) is 4.04. The van der Waals surface area contributed by atoms with Gasteiger partial charge < -0.3 is 15.2 Å². The lowest BCUT2D eigenvalue weighted by Gasteiger charge is -2.12. The summed E-state index contributed by atoms with van der Waals surface area (Å²) in [6.07, 6.45) is 0.722. The zero-order valence-electron chi connectivity index (χ0n) is 8.34. The van der Waals surface area contributed by atoms with Gasteiger partial charge in [-0.05, 0) is 19.0 Å². The highest BCUT2D eigenvalue weighted by molar-refractivity contribution is 6.30. The third-order valence-corrected chi connectivity index (χ3v) is 2.15. The fraction of sp³-hybridized carbons (Fsp3) is 0.400. The van der Waals surface area contributed by atoms with Crippen LogP contribution in [-0.2, 0) is 6.42 Å². The monoisotopic (exact) mass is 215 g/mol. The van der Waals surface area contributed by atoms with E-state index in [2.05, 4.69) is 0 Å². The molecule has 2 N–H and O–H groups in total. The van der Waals surface area contributed by atoms with E-state index in [1.54, 1.807) is 20.3 Å². The van der Waals surface area contributed by atoms with Gasteiger partial charge in [-0.1, -0.05) is 11.6 Å². The summed E-state index contributed by atoms with van der Waals surface area (Å²) in [7, 11) is 3.19. The summed E-state index contributed by atoms with van der Waals surface area (Å²) in [4.78, 5) is 0. The van der Waals surface area contributed by atoms with E-state index in [9.17, 15) is 0 Å². The van der Waals surface area contributed by atoms with Crippen LogP contribution in [0.15, 0.2) is 12.1 Å². The number of hydrogen-bond donors (Lipinski definition) is 1. The lowest BCUT2D eigenvalue weighted by Crippen LogP contribution is -2.05. The zero-order valence-corrected chi connectivity index (χ0v) is 9.10. The van der Waals surface area contributed by atoms with E-state index in [-0.39, 0.29) is 0 Å². The topological polar surface area (TPSA) is 44.5 Å². The van der Waals surface area contributed by atoms with Gasteiger partial charge in [0.05, 0.1) is 14.2 Å². The second-order valence-corrected chi connectivity index (χ2v) is 3.28. The molecule has 1 rings (SSSR count). The van der Waals surface area contributed by atoms with Crippen LogP contribution >= 0.6 is 11.6 Å². The third kappa shape index (κ3) is 2.30. The minimum Gasteiger partial charge on any atom is -0.493 e. The Hall–Kier alpha value is -0.930. The maximum Gasteiger partial charge on any atom is 0.164 e. The number of nitrogens with two attached hydrogens (primary N) is 1. The highest BCUT2D eigenvalue weighted by atomic mass is 35.5. The van der Waals surface area contributed by atoms with Gasteiger partial charge in [-0.2, -0.15) is 0 Å². The first kappa shape index (κ1) is 11.1. The summed E-state index contributed by atoms with van der Waals surface area (Å²) in [5.74, 6) is 1.35. The first-order valence-electron chi connectivity index (χ1n) is 4.33. The van der Waals surface area contributed by atoms with Crippen molar-refractivity contribution in [3.63, 3.8) is 0 Å². The molecular formula is C10H14ClNO2. The van der Waals surface area contributed by atoms with Crippen molar-refractivity contribution in [2.75, 3.05) is 20.8 Å². The van der Waals surface area contributed by atoms with Gasteiger partial charge in [0.2, 0.25) is 0 Å². The molecular weight excluding hydrogens is 202 g/mol. The maximum atomic E-state index is 5.92. The van der Waals surface area contributed by atoms with E-state index < -0.39 is 0 Å². The summed E-state index contributed by atoms with van der Waals surface area (Å²) in [5.41, 5.74) is 6.46. The van der Waals surface area contributed by atoms with Crippen LogP contribution in [0.5, 0.6) is 11.5 Å². The van der Waals surface area contributed by atoms with Gasteiger partial charge in [0.25, 0.3) is 0 Å². The van der Waals surface area contributed by atoms with E-state index >= 15 is 0 Å². The molecule has 0 saturated heterocycles. The maximum absolute atomic E-state index is 5.92. The Morgan fingerprint density at radius 2 is 2.00 bits per heavy atom. The molecule has 0 aliphatic carbocycles. The molecule has 0 amide bonds. The van der Waals surface area contributed by atoms with Crippen molar-refractivity contribution in [3.8, 4) is 11.5 Å². The molecule has 0 aliphatic heterocycles. The molecule has 0 aromatic heterocycles. The van der Waals surface area contributed by atoms with Crippen LogP contribution in [0.2, 0.25) is 5.02 Å². The van der Waals surface area contributed by atoms with Crippen LogP contribution < -0.4 is 15.2 Å². The average molecular weight is 216 g/mol. The van der Waals surface area contributed by atoms with Crippen molar-refractivity contribution in [1.82, 2.24) is 0 Å². The molecule has 0 spiro atoms. The third-order valence-electron chi connectivity index (χ3n) is 1.93. The first-order valence-corrected chi connectivity index (χ1v) is 4.71. The summed E-state index contributed by atoms with van der Waals surface area (Å²) in [5, 5.41) is 0.631. The van der Waals surface area contributed by atoms with Crippen molar-refractivity contribution < 1.29 is 9.47 Å². The number of benzene rings is 1. The molecule has 0 unspecified atom stereocenters. The lowest BCUT2D eigenvalue weighted by molar-refractivity contribution is 0.352. The number of hydrogen-bond acceptors (Lipinski definition) is 3. The van der Waals surface area contributed by atoms with Gasteiger partial charge in [-0.15, -0.1) is 0 Å². The van der Waals surface area contributed by atoms with Crippen LogP contribution in [0.25, 0.3) is 0 Å². The summed E-state index contributed by atoms with van der Waals surface area (Å²) in [6.45, 7) is 0.555. The van der Waals surface area contributed by atoms with Crippen molar-refractivity contribution in [1.29, 1.82) is 0 Å². The van der Waals surface area contributed by atoms with Crippen molar-refractivity contribution >= 4 is 11.6 Å². The predicted molar refractivity (Wildman–Crippen MR) is 57.3 cm³/mol. The van der Waals surface area contributed by atoms with E-state index in [1.165, 1.54) is 0 Å². The van der Waals surface area contributed by atoms with Crippen LogP contribution in [0.3, 0.4) is 0 Å². The molecule has 4 heteroatoms. The van der Waals surface area contributed by atoms with E-state index in [0.29, 0.717) is 23.1 Å². The highest BCUT2D eigenvalue weighted by Crippen LogP contribution is 2.34. The van der Waals surface area contributed by atoms with Gasteiger partial charge in [-0.3, -0.25) is 0 Å². The SMILES string of the molecule is COc1cc(Cl)cc(CCN)c1OC. The Balaban J connectivity index is 3.17. The Labute approximate surface area is 88.8 Å². The number of rotatable bonds is 4. The smallest absolute Gasteiger partial charge is 0.164 e. The molecule has 0 heterocycles. The fourth-order valence-corrected chi connectivity index (χ4v) is 1.58. The number of ether oxygens (including phenoxy) is 2. The molecule has 0 atom stereocenters. The lowest BCUT2D eigenvalue weighted by atomic mass is 10.1. The predicted octanol–water partition coefficient (Wildman–Crippen LogP) is 1.86. The van der Waals surface area contributed by atoms with Crippen LogP contribution in [0, 0.1) is 0 Å². The fourth-order valence-electron chi connectivity index (χ4n) is 1.35. The molecule has 0 saturated carbocycles. The number of methoxy groups -OCH3 is 2. The minimum absolute atomic E-state index is 0.555. The van der Waals surface area contributed by atoms with E-state index in [1.807, 2.05) is 6.07 Å². The largest absolute Gasteiger partial charge is 0.493 e. The highest BCUT2D eigenvalue weighted by Gasteiger charge is 2.10. The summed E-state index contributed by atoms with van der Waals surface area (Å²) >= 11 is 5.92. The van der Waals surface area contributed by atoms with Gasteiger partial charge in [0.1, 0.15) is 0 Å². The minimum atomic E-state index is 0.555. The van der Waals surface area contributed by atoms with E-state index in [0.717, 1.165) is 12.0 Å². The van der Waals surface area contributed by atoms with Crippen molar-refractivity contribution in [3.05, 3.63) is 22.7 Å².